The van der Waals surface area contributed by atoms with E-state index in [1.54, 1.807) is 0 Å². The zero-order valence-corrected chi connectivity index (χ0v) is 21.8. The number of benzene rings is 1. The van der Waals surface area contributed by atoms with Crippen LogP contribution in [0.15, 0.2) is 24.3 Å². The summed E-state index contributed by atoms with van der Waals surface area (Å²) >= 11 is 0. The predicted octanol–water partition coefficient (Wildman–Crippen LogP) is 9.16. The zero-order valence-electron chi connectivity index (χ0n) is 21.8. The molecular weight excluding hydrogens is 406 g/mol. The summed E-state index contributed by atoms with van der Waals surface area (Å²) in [4.78, 5) is 12.6. The van der Waals surface area contributed by atoms with Gasteiger partial charge in [0.25, 0.3) is 0 Å². The van der Waals surface area contributed by atoms with E-state index in [2.05, 4.69) is 25.1 Å². The third-order valence-corrected chi connectivity index (χ3v) is 6.96. The number of para-hydroxylation sites is 1. The molecule has 0 spiro atoms. The molecule has 0 amide bonds. The quantitative estimate of drug-likeness (QED) is 0.156. The number of nitrogens with zero attached hydrogens (tertiary/aromatic N) is 1. The highest BCUT2D eigenvalue weighted by Gasteiger charge is 2.21. The van der Waals surface area contributed by atoms with E-state index in [0.717, 1.165) is 29.6 Å². The number of carbonyl (C=O) groups excluding carboxylic acids is 1. The van der Waals surface area contributed by atoms with Gasteiger partial charge in [0.2, 0.25) is 0 Å². The number of ether oxygens (including phenoxy) is 1. The van der Waals surface area contributed by atoms with E-state index >= 15 is 0 Å². The van der Waals surface area contributed by atoms with Crippen LogP contribution in [0.4, 0.5) is 0 Å². The number of carbonyl (C=O) groups is 1. The van der Waals surface area contributed by atoms with Gasteiger partial charge in [0, 0.05) is 18.0 Å². The molecule has 1 heterocycles. The van der Waals surface area contributed by atoms with Crippen molar-refractivity contribution in [2.24, 2.45) is 7.05 Å². The number of hydrogen-bond acceptors (Lipinski definition) is 2. The van der Waals surface area contributed by atoms with Crippen molar-refractivity contribution in [3.63, 3.8) is 0 Å². The van der Waals surface area contributed by atoms with E-state index in [-0.39, 0.29) is 5.97 Å². The Labute approximate surface area is 203 Å². The largest absolute Gasteiger partial charge is 0.461 e. The molecule has 0 saturated heterocycles. The molecule has 1 aromatic carbocycles. The highest BCUT2D eigenvalue weighted by molar-refractivity contribution is 5.99. The van der Waals surface area contributed by atoms with E-state index in [4.69, 9.17) is 4.74 Å². The normalized spacial score (nSPS) is 11.4. The van der Waals surface area contributed by atoms with Crippen molar-refractivity contribution in [1.82, 2.24) is 4.57 Å². The number of aryl methyl sites for hydroxylation is 2. The molecular formula is C30H49NO2. The van der Waals surface area contributed by atoms with Crippen molar-refractivity contribution in [2.75, 3.05) is 6.61 Å². The van der Waals surface area contributed by atoms with Gasteiger partial charge in [-0.25, -0.2) is 4.79 Å². The van der Waals surface area contributed by atoms with Gasteiger partial charge in [-0.2, -0.15) is 0 Å². The second-order valence-corrected chi connectivity index (χ2v) is 9.68. The van der Waals surface area contributed by atoms with E-state index in [1.165, 1.54) is 102 Å². The van der Waals surface area contributed by atoms with Gasteiger partial charge in [-0.05, 0) is 31.4 Å². The topological polar surface area (TPSA) is 31.2 Å². The smallest absolute Gasteiger partial charge is 0.355 e. The Hall–Kier alpha value is -1.77. The maximum absolute atomic E-state index is 12.6. The zero-order chi connectivity index (χ0) is 23.7. The first-order valence-electron chi connectivity index (χ1n) is 13.9. The Balaban J connectivity index is 1.58. The van der Waals surface area contributed by atoms with Gasteiger partial charge in [-0.3, -0.25) is 0 Å². The van der Waals surface area contributed by atoms with Gasteiger partial charge in [0.1, 0.15) is 5.69 Å². The fourth-order valence-corrected chi connectivity index (χ4v) is 5.03. The molecule has 0 unspecified atom stereocenters. The average molecular weight is 456 g/mol. The summed E-state index contributed by atoms with van der Waals surface area (Å²) in [6.45, 7) is 4.57. The minimum atomic E-state index is -0.192. The summed E-state index contributed by atoms with van der Waals surface area (Å²) in [7, 11) is 1.98. The lowest BCUT2D eigenvalue weighted by atomic mass is 10.0. The van der Waals surface area contributed by atoms with Crippen LogP contribution in [0.5, 0.6) is 0 Å². The Bertz CT molecular complexity index is 792. The van der Waals surface area contributed by atoms with Gasteiger partial charge >= 0.3 is 5.97 Å². The van der Waals surface area contributed by atoms with Crippen LogP contribution in [0.2, 0.25) is 0 Å². The maximum atomic E-state index is 12.6. The number of hydrogen-bond donors (Lipinski definition) is 0. The number of fused-ring (bicyclic) bond motifs is 1. The number of unbranched alkanes of at least 4 members (excludes halogenated alkanes) is 15. The molecule has 0 aliphatic rings. The molecule has 1 aromatic heterocycles. The lowest BCUT2D eigenvalue weighted by molar-refractivity contribution is 0.0514. The average Bonchev–Trinajstić information content (AvgIpc) is 3.10. The number of aromatic nitrogens is 1. The van der Waals surface area contributed by atoms with E-state index in [1.807, 2.05) is 24.6 Å². The van der Waals surface area contributed by atoms with Gasteiger partial charge in [-0.15, -0.1) is 0 Å². The fourth-order valence-electron chi connectivity index (χ4n) is 5.03. The number of esters is 1. The molecule has 0 aliphatic carbocycles. The molecule has 3 nitrogen and oxygen atoms in total. The minimum Gasteiger partial charge on any atom is -0.461 e. The first kappa shape index (κ1) is 27.5. The van der Waals surface area contributed by atoms with Crippen LogP contribution in [-0.4, -0.2) is 17.1 Å². The molecule has 0 aliphatic heterocycles. The van der Waals surface area contributed by atoms with Crippen LogP contribution in [0.1, 0.15) is 133 Å². The van der Waals surface area contributed by atoms with E-state index < -0.39 is 0 Å². The SMILES string of the molecule is CCCCCCCCCCCCCCCCCCc1c(C(=O)OCC)n(C)c2ccccc12. The third-order valence-electron chi connectivity index (χ3n) is 6.96. The van der Waals surface area contributed by atoms with Crippen LogP contribution in [-0.2, 0) is 18.2 Å². The van der Waals surface area contributed by atoms with Gasteiger partial charge in [0.05, 0.1) is 6.61 Å². The van der Waals surface area contributed by atoms with Crippen molar-refractivity contribution in [3.05, 3.63) is 35.5 Å². The monoisotopic (exact) mass is 455 g/mol. The summed E-state index contributed by atoms with van der Waals surface area (Å²) in [6, 6.07) is 8.33. The molecule has 0 N–H and O–H groups in total. The first-order valence-corrected chi connectivity index (χ1v) is 13.9. The Kier molecular flexibility index (Phi) is 14.0. The molecule has 186 valence electrons. The molecule has 33 heavy (non-hydrogen) atoms. The summed E-state index contributed by atoms with van der Waals surface area (Å²) in [6.07, 6.45) is 23.0. The Morgan fingerprint density at radius 1 is 0.727 bits per heavy atom. The molecule has 0 bridgehead atoms. The highest BCUT2D eigenvalue weighted by Crippen LogP contribution is 2.28. The minimum absolute atomic E-state index is 0.192. The summed E-state index contributed by atoms with van der Waals surface area (Å²) in [5, 5.41) is 1.20. The van der Waals surface area contributed by atoms with Crippen LogP contribution in [0.3, 0.4) is 0 Å². The third kappa shape index (κ3) is 9.55. The van der Waals surface area contributed by atoms with Crippen LogP contribution < -0.4 is 0 Å². The molecule has 0 atom stereocenters. The highest BCUT2D eigenvalue weighted by atomic mass is 16.5. The lowest BCUT2D eigenvalue weighted by Gasteiger charge is -2.07. The molecule has 0 saturated carbocycles. The maximum Gasteiger partial charge on any atom is 0.355 e. The standard InChI is InChI=1S/C30H49NO2/c1-4-6-7-8-9-10-11-12-13-14-15-16-17-18-19-20-24-27-26-23-21-22-25-28(26)31(3)29(27)30(32)33-5-2/h21-23,25H,4-20,24H2,1-3H3. The molecule has 0 fully saturated rings. The Morgan fingerprint density at radius 3 is 1.73 bits per heavy atom. The Morgan fingerprint density at radius 2 is 1.21 bits per heavy atom. The van der Waals surface area contributed by atoms with Crippen LogP contribution in [0.25, 0.3) is 10.9 Å². The summed E-state index contributed by atoms with van der Waals surface area (Å²) in [5.74, 6) is -0.192. The van der Waals surface area contributed by atoms with Gasteiger partial charge in [-0.1, -0.05) is 121 Å². The van der Waals surface area contributed by atoms with Crippen LogP contribution in [0, 0.1) is 0 Å². The van der Waals surface area contributed by atoms with Gasteiger partial charge < -0.3 is 9.30 Å². The predicted molar refractivity (Wildman–Crippen MR) is 142 cm³/mol. The molecule has 2 rings (SSSR count). The number of rotatable bonds is 19. The lowest BCUT2D eigenvalue weighted by Crippen LogP contribution is -2.12. The van der Waals surface area contributed by atoms with E-state index in [0.29, 0.717) is 6.61 Å². The summed E-state index contributed by atoms with van der Waals surface area (Å²) in [5.41, 5.74) is 3.02. The van der Waals surface area contributed by atoms with E-state index in [9.17, 15) is 4.79 Å². The van der Waals surface area contributed by atoms with Crippen molar-refractivity contribution in [3.8, 4) is 0 Å². The first-order chi connectivity index (χ1) is 16.2. The molecule has 3 heteroatoms. The van der Waals surface area contributed by atoms with Gasteiger partial charge in [0.15, 0.2) is 0 Å². The second kappa shape index (κ2) is 16.8. The van der Waals surface area contributed by atoms with Crippen molar-refractivity contribution in [1.29, 1.82) is 0 Å². The molecule has 2 aromatic rings. The van der Waals surface area contributed by atoms with Crippen molar-refractivity contribution < 1.29 is 9.53 Å². The van der Waals surface area contributed by atoms with Crippen molar-refractivity contribution >= 4 is 16.9 Å². The van der Waals surface area contributed by atoms with Crippen molar-refractivity contribution in [2.45, 2.75) is 123 Å². The summed E-state index contributed by atoms with van der Waals surface area (Å²) < 4.78 is 7.36. The fraction of sp³-hybridized carbons (Fsp3) is 0.700. The second-order valence-electron chi connectivity index (χ2n) is 9.68. The van der Waals surface area contributed by atoms with Crippen LogP contribution >= 0.6 is 0 Å². The molecule has 0 radical (unpaired) electrons.